The first kappa shape index (κ1) is 111. The van der Waals surface area contributed by atoms with Crippen molar-refractivity contribution in [1.29, 1.82) is 0 Å². The van der Waals surface area contributed by atoms with Gasteiger partial charge in [-0.15, -0.1) is 22.7 Å². The molecule has 6 aromatic heterocycles. The van der Waals surface area contributed by atoms with Crippen LogP contribution in [0.2, 0.25) is 10.0 Å². The molecule has 796 valence electrons. The highest BCUT2D eigenvalue weighted by atomic mass is 35.5. The molecule has 0 aliphatic carbocycles. The number of aromatic nitrogens is 10. The molecule has 4 fully saturated rings. The summed E-state index contributed by atoms with van der Waals surface area (Å²) in [6.07, 6.45) is 21.4. The summed E-state index contributed by atoms with van der Waals surface area (Å²) >= 11 is 15.7. The minimum atomic E-state index is -1.03. The topological polar surface area (TPSA) is 401 Å². The predicted octanol–water partition coefficient (Wildman–Crippen LogP) is 15.9. The maximum atomic E-state index is 15.0. The van der Waals surface area contributed by atoms with Gasteiger partial charge in [0, 0.05) is 257 Å². The molecule has 0 spiro atoms. The van der Waals surface area contributed by atoms with Crippen LogP contribution < -0.4 is 41.0 Å². The van der Waals surface area contributed by atoms with E-state index in [0.29, 0.717) is 209 Å². The zero-order valence-electron chi connectivity index (χ0n) is 83.8. The average Bonchev–Trinajstić information content (AvgIpc) is 1.30. The molecule has 8 aliphatic rings. The molecular formula is C105H122Cl2F6N24O11S2. The molecule has 45 heteroatoms. The number of methoxy groups -OCH3 is 2. The van der Waals surface area contributed by atoms with E-state index in [9.17, 15) is 60.2 Å². The SMILES string of the molecule is C.CC1c2cnc(-c3ncccn3)nc2CCN1c1cc(F)c(F)c(OCCCCCCN)c1.COC(=O)C1=C(CN2CCN3C(=O)N(CC(C)(C)CC(=O)NCCCCCCOc4cc(N5CCc6nc(-c7ncccn7)ncc6C5C)cc(F)c4F)C[C@@H]3C2)NC(c2nccs2)=N[C@H]1c1ccc(F)cc1Cl.COC(=O)C1=C(CN2CCN3C(=O)N(CC(C)(C)CC(=O)O)C[C@@H]3C2)NC(c2nccs2)=N[C@H]1c1ccc(F)cc1Cl. The molecular weight excluding hydrogens is 2020 g/mol. The smallest absolute Gasteiger partial charge is 0.338 e. The summed E-state index contributed by atoms with van der Waals surface area (Å²) in [6.45, 7) is 19.9. The number of fused-ring (bicyclic) bond motifs is 4. The number of urea groups is 2. The third kappa shape index (κ3) is 26.7. The first-order valence-electron chi connectivity index (χ1n) is 49.5. The number of ether oxygens (including phenoxy) is 4. The second kappa shape index (κ2) is 50.0. The number of rotatable bonds is 37. The Hall–Kier alpha value is -13.5. The van der Waals surface area contributed by atoms with E-state index in [4.69, 9.17) is 62.9 Å². The largest absolute Gasteiger partial charge is 0.490 e. The number of anilines is 2. The third-order valence-electron chi connectivity index (χ3n) is 27.1. The van der Waals surface area contributed by atoms with Crippen molar-refractivity contribution in [2.24, 2.45) is 26.5 Å². The molecule has 10 aromatic rings. The first-order valence-corrected chi connectivity index (χ1v) is 52.0. The number of thiazole rings is 2. The lowest BCUT2D eigenvalue weighted by Crippen LogP contribution is -2.53. The number of carboxylic acids is 1. The van der Waals surface area contributed by atoms with Crippen molar-refractivity contribution >= 4 is 105 Å². The summed E-state index contributed by atoms with van der Waals surface area (Å²) in [7, 11) is 2.59. The second-order valence-corrected chi connectivity index (χ2v) is 41.7. The number of amidine groups is 2. The van der Waals surface area contributed by atoms with Crippen molar-refractivity contribution in [3.05, 3.63) is 244 Å². The lowest BCUT2D eigenvalue weighted by atomic mass is 9.88. The number of carbonyl (C=O) groups is 6. The molecule has 0 saturated carbocycles. The van der Waals surface area contributed by atoms with Crippen molar-refractivity contribution in [2.75, 3.05) is 142 Å². The minimum absolute atomic E-state index is 0. The van der Waals surface area contributed by atoms with E-state index in [1.54, 1.807) is 78.7 Å². The van der Waals surface area contributed by atoms with Gasteiger partial charge in [0.25, 0.3) is 0 Å². The van der Waals surface area contributed by atoms with Crippen molar-refractivity contribution in [3.63, 3.8) is 0 Å². The number of nitrogens with one attached hydrogen (secondary N) is 3. The Bertz CT molecular complexity index is 6630. The highest BCUT2D eigenvalue weighted by molar-refractivity contribution is 7.12. The summed E-state index contributed by atoms with van der Waals surface area (Å²) < 4.78 is 109. The molecule has 35 nitrogen and oxygen atoms in total. The lowest BCUT2D eigenvalue weighted by molar-refractivity contribution is -0.139. The Morgan fingerprint density at radius 2 is 0.940 bits per heavy atom. The maximum absolute atomic E-state index is 15.0. The van der Waals surface area contributed by atoms with Crippen LogP contribution in [0.15, 0.2) is 166 Å². The Morgan fingerprint density at radius 1 is 0.513 bits per heavy atom. The van der Waals surface area contributed by atoms with Gasteiger partial charge in [0.1, 0.15) is 23.7 Å². The molecule has 0 radical (unpaired) electrons. The fourth-order valence-electron chi connectivity index (χ4n) is 20.0. The van der Waals surface area contributed by atoms with Gasteiger partial charge in [-0.3, -0.25) is 29.4 Å². The number of amides is 5. The van der Waals surface area contributed by atoms with Gasteiger partial charge in [-0.2, -0.15) is 8.78 Å². The fraction of sp³-hybridized carbons (Fsp3) is 0.448. The van der Waals surface area contributed by atoms with E-state index in [1.807, 2.05) is 76.8 Å². The summed E-state index contributed by atoms with van der Waals surface area (Å²) in [5, 5.41) is 24.0. The van der Waals surface area contributed by atoms with Crippen LogP contribution in [0.3, 0.4) is 0 Å². The number of unbranched alkanes of at least 4 members (excludes halogenated alkanes) is 6. The number of nitrogens with zero attached hydrogens (tertiary/aromatic N) is 20. The van der Waals surface area contributed by atoms with Crippen LogP contribution in [0.4, 0.5) is 47.3 Å². The number of esters is 2. The summed E-state index contributed by atoms with van der Waals surface area (Å²) in [5.41, 5.74) is 11.6. The second-order valence-electron chi connectivity index (χ2n) is 39.1. The number of hydrogen-bond acceptors (Lipinski definition) is 31. The van der Waals surface area contributed by atoms with Gasteiger partial charge in [0.2, 0.25) is 17.5 Å². The molecule has 8 aliphatic heterocycles. The third-order valence-corrected chi connectivity index (χ3v) is 29.3. The molecule has 5 amide bonds. The van der Waals surface area contributed by atoms with Gasteiger partial charge in [-0.05, 0) is 93.3 Å². The number of hydrogen-bond donors (Lipinski definition) is 5. The fourth-order valence-corrected chi connectivity index (χ4v) is 21.7. The van der Waals surface area contributed by atoms with E-state index in [0.717, 1.165) is 67.5 Å². The summed E-state index contributed by atoms with van der Waals surface area (Å²) in [5.74, 6) is -4.58. The van der Waals surface area contributed by atoms with Gasteiger partial charge < -0.3 is 75.1 Å². The van der Waals surface area contributed by atoms with E-state index in [1.165, 1.54) is 85.4 Å². The average molecular weight is 2150 g/mol. The number of aliphatic carboxylic acids is 1. The van der Waals surface area contributed by atoms with Crippen LogP contribution in [0.5, 0.6) is 11.5 Å². The van der Waals surface area contributed by atoms with E-state index in [2.05, 4.69) is 70.6 Å². The van der Waals surface area contributed by atoms with E-state index < -0.39 is 75.7 Å². The van der Waals surface area contributed by atoms with Crippen molar-refractivity contribution in [1.82, 2.24) is 95.2 Å². The summed E-state index contributed by atoms with van der Waals surface area (Å²) in [6, 6.07) is 14.5. The monoisotopic (exact) mass is 2140 g/mol. The van der Waals surface area contributed by atoms with E-state index >= 15 is 0 Å². The number of piperazine rings is 2. The Morgan fingerprint density at radius 3 is 1.35 bits per heavy atom. The number of aliphatic imine (C=N–C) groups is 2. The van der Waals surface area contributed by atoms with Crippen LogP contribution in [0.1, 0.15) is 181 Å². The number of nitrogens with two attached hydrogens (primary N) is 1. The Labute approximate surface area is 883 Å². The van der Waals surface area contributed by atoms with Crippen LogP contribution in [0.25, 0.3) is 23.3 Å². The normalized spacial score (nSPS) is 18.7. The van der Waals surface area contributed by atoms with Crippen LogP contribution in [-0.2, 0) is 41.5 Å². The molecule has 6 N–H and O–H groups in total. The Kier molecular flexibility index (Phi) is 36.9. The van der Waals surface area contributed by atoms with Gasteiger partial charge in [0.15, 0.2) is 68.1 Å². The Balaban J connectivity index is 0.000000186. The molecule has 18 rings (SSSR count). The minimum Gasteiger partial charge on any atom is -0.490 e. The molecule has 4 aromatic carbocycles. The lowest BCUT2D eigenvalue weighted by Gasteiger charge is -2.38. The van der Waals surface area contributed by atoms with E-state index in [-0.39, 0.29) is 102 Å². The summed E-state index contributed by atoms with van der Waals surface area (Å²) in [4.78, 5) is 147. The molecule has 4 saturated heterocycles. The van der Waals surface area contributed by atoms with Crippen molar-refractivity contribution in [3.8, 4) is 34.8 Å². The van der Waals surface area contributed by atoms with Crippen molar-refractivity contribution in [2.45, 2.75) is 162 Å². The quantitative estimate of drug-likeness (QED) is 0.0137. The highest BCUT2D eigenvalue weighted by Crippen LogP contribution is 2.44. The van der Waals surface area contributed by atoms with Gasteiger partial charge in [-0.1, -0.05) is 96.1 Å². The molecule has 150 heavy (non-hydrogen) atoms. The zero-order chi connectivity index (χ0) is 105. The standard InChI is InChI=1S/C52H58ClF3N12O5S.C28H32ClFN6O5S.C24H28F2N6O.CH4/c1-31-36-26-61-47(46-58-14-9-15-59-46)62-39(36)12-17-67(31)33-23-38(55)44(56)41(24-33)73-20-8-6-5-7-13-57-42(69)25-52(2,3)30-66-28-34-27-65(18-19-68(34)51(66)71)29-40-43(50(70)72-4)45(35-11-10-32(54)22-37(35)53)64-48(63-40)49-60-16-21-74-49;1-28(2,11-21(37)38)15-35-13-17-12-34(7-8-36(17)27(35)40)14-20-22(26(39)41-3)23(18-5-4-16(30)10-19(18)29)33-24(32-20)25-31-6-9-42-25;1-16-18-15-30-24(23-28-9-6-10-29-23)31-20(18)7-11-32(16)17-13-19(25)22(26)21(14-17)33-12-5-3-2-4-8-27;/h9-11,14-16,21-24,26,31,34,45H,5-8,12-13,17-20,25,27-30H2,1-4H3,(H,57,69)(H,63,64);4-6,9-10,17,23H,7-8,11-15H2,1-3H3,(H,32,33)(H,37,38);6,9-10,13-16H,2-5,7-8,11-12,27H2,1H3;1H4/t31?,34-,45-;17-,23-;;/m00../s1. The van der Waals surface area contributed by atoms with Gasteiger partial charge in [0.05, 0.1) is 80.6 Å². The molecule has 6 atom stereocenters. The van der Waals surface area contributed by atoms with Crippen LogP contribution in [-0.4, -0.2) is 276 Å². The zero-order valence-corrected chi connectivity index (χ0v) is 86.9. The molecule has 2 unspecified atom stereocenters. The highest BCUT2D eigenvalue weighted by Gasteiger charge is 2.47. The number of halogens is 8. The number of benzene rings is 4. The van der Waals surface area contributed by atoms with Gasteiger partial charge in [-0.25, -0.2) is 86.6 Å². The first-order chi connectivity index (χ1) is 71.7. The van der Waals surface area contributed by atoms with Crippen molar-refractivity contribution < 1.29 is 79.2 Å². The molecule has 0 bridgehead atoms. The number of carbonyl (C=O) groups excluding carboxylic acids is 5. The van der Waals surface area contributed by atoms with Gasteiger partial charge >= 0.3 is 30.0 Å². The molecule has 14 heterocycles. The predicted molar refractivity (Wildman–Crippen MR) is 557 cm³/mol. The van der Waals surface area contributed by atoms with Crippen LogP contribution >= 0.6 is 45.9 Å². The van der Waals surface area contributed by atoms with Crippen LogP contribution in [0, 0.1) is 45.7 Å². The number of carboxylic acid groups (broad SMARTS) is 1. The maximum Gasteiger partial charge on any atom is 0.338 e.